The summed E-state index contributed by atoms with van der Waals surface area (Å²) < 4.78 is 0. The van der Waals surface area contributed by atoms with Gasteiger partial charge in [0.2, 0.25) is 0 Å². The zero-order chi connectivity index (χ0) is 11.1. The molecule has 0 spiro atoms. The van der Waals surface area contributed by atoms with Gasteiger partial charge in [0, 0.05) is 22.4 Å². The molecule has 1 saturated carbocycles. The fraction of sp³-hybridized carbons (Fsp3) is 0.692. The van der Waals surface area contributed by atoms with Gasteiger partial charge in [-0.2, -0.15) is 11.8 Å². The standard InChI is InChI=1S/C13H21NS2/c1-2-5-12(4-1)16-11-9-14-8-7-13-6-3-10-15-13/h3,6,10,12,14H,1-2,4-5,7-9,11H2. The van der Waals surface area contributed by atoms with Gasteiger partial charge >= 0.3 is 0 Å². The van der Waals surface area contributed by atoms with Crippen LogP contribution in [-0.2, 0) is 6.42 Å². The Morgan fingerprint density at radius 2 is 2.19 bits per heavy atom. The molecule has 1 fully saturated rings. The fourth-order valence-electron chi connectivity index (χ4n) is 2.14. The maximum atomic E-state index is 3.53. The number of nitrogens with one attached hydrogen (secondary N) is 1. The first-order valence-corrected chi connectivity index (χ1v) is 8.23. The molecule has 1 aromatic heterocycles. The summed E-state index contributed by atoms with van der Waals surface area (Å²) in [7, 11) is 0. The van der Waals surface area contributed by atoms with Gasteiger partial charge in [-0.15, -0.1) is 11.3 Å². The maximum absolute atomic E-state index is 3.53. The second-order valence-corrected chi connectivity index (χ2v) is 6.80. The van der Waals surface area contributed by atoms with E-state index < -0.39 is 0 Å². The van der Waals surface area contributed by atoms with Gasteiger partial charge in [-0.05, 0) is 37.3 Å². The summed E-state index contributed by atoms with van der Waals surface area (Å²) in [6.07, 6.45) is 7.03. The van der Waals surface area contributed by atoms with Crippen LogP contribution in [0, 0.1) is 0 Å². The van der Waals surface area contributed by atoms with Crippen LogP contribution >= 0.6 is 23.1 Å². The van der Waals surface area contributed by atoms with Crippen molar-refractivity contribution in [1.82, 2.24) is 5.32 Å². The molecule has 0 saturated heterocycles. The van der Waals surface area contributed by atoms with Gasteiger partial charge in [0.25, 0.3) is 0 Å². The smallest absolute Gasteiger partial charge is 0.00608 e. The zero-order valence-electron chi connectivity index (χ0n) is 9.78. The van der Waals surface area contributed by atoms with Crippen LogP contribution in [0.25, 0.3) is 0 Å². The minimum absolute atomic E-state index is 0.971. The lowest BCUT2D eigenvalue weighted by Crippen LogP contribution is -2.20. The van der Waals surface area contributed by atoms with Crippen LogP contribution in [0.5, 0.6) is 0 Å². The Bertz CT molecular complexity index is 265. The Kier molecular flexibility index (Phi) is 5.73. The highest BCUT2D eigenvalue weighted by molar-refractivity contribution is 7.99. The van der Waals surface area contributed by atoms with E-state index in [9.17, 15) is 0 Å². The summed E-state index contributed by atoms with van der Waals surface area (Å²) >= 11 is 4.03. The maximum Gasteiger partial charge on any atom is 0.00608 e. The lowest BCUT2D eigenvalue weighted by Gasteiger charge is -2.08. The van der Waals surface area contributed by atoms with E-state index in [1.807, 2.05) is 11.3 Å². The van der Waals surface area contributed by atoms with Gasteiger partial charge in [-0.3, -0.25) is 0 Å². The lowest BCUT2D eigenvalue weighted by molar-refractivity contribution is 0.724. The molecule has 1 heterocycles. The molecule has 3 heteroatoms. The topological polar surface area (TPSA) is 12.0 Å². The minimum atomic E-state index is 0.971. The highest BCUT2D eigenvalue weighted by Gasteiger charge is 2.14. The van der Waals surface area contributed by atoms with Gasteiger partial charge in [-0.25, -0.2) is 0 Å². The van der Waals surface area contributed by atoms with Crippen LogP contribution in [0.1, 0.15) is 30.6 Å². The van der Waals surface area contributed by atoms with Gasteiger partial charge in [0.15, 0.2) is 0 Å². The van der Waals surface area contributed by atoms with Crippen LogP contribution in [-0.4, -0.2) is 24.1 Å². The zero-order valence-corrected chi connectivity index (χ0v) is 11.4. The SMILES string of the molecule is c1csc(CCNCCSC2CCCC2)c1. The molecule has 0 amide bonds. The Labute approximate surface area is 107 Å². The monoisotopic (exact) mass is 255 g/mol. The van der Waals surface area contributed by atoms with Gasteiger partial charge in [-0.1, -0.05) is 18.9 Å². The number of thioether (sulfide) groups is 1. The quantitative estimate of drug-likeness (QED) is 0.748. The minimum Gasteiger partial charge on any atom is -0.316 e. The molecule has 1 aliphatic rings. The van der Waals surface area contributed by atoms with Gasteiger partial charge in [0.1, 0.15) is 0 Å². The molecular weight excluding hydrogens is 234 g/mol. The normalized spacial score (nSPS) is 17.0. The number of hydrogen-bond acceptors (Lipinski definition) is 3. The average Bonchev–Trinajstić information content (AvgIpc) is 2.96. The molecule has 0 aliphatic heterocycles. The second kappa shape index (κ2) is 7.36. The molecule has 1 aliphatic carbocycles. The number of hydrogen-bond donors (Lipinski definition) is 1. The van der Waals surface area contributed by atoms with Crippen molar-refractivity contribution in [2.45, 2.75) is 37.4 Å². The number of thiophene rings is 1. The number of rotatable bonds is 7. The van der Waals surface area contributed by atoms with E-state index in [2.05, 4.69) is 34.6 Å². The molecule has 2 rings (SSSR count). The Balaban J connectivity index is 1.43. The first-order valence-electron chi connectivity index (χ1n) is 6.30. The van der Waals surface area contributed by atoms with Crippen molar-refractivity contribution < 1.29 is 0 Å². The third kappa shape index (κ3) is 4.48. The highest BCUT2D eigenvalue weighted by atomic mass is 32.2. The van der Waals surface area contributed by atoms with E-state index in [0.717, 1.165) is 11.8 Å². The molecule has 0 aromatic carbocycles. The van der Waals surface area contributed by atoms with Crippen LogP contribution < -0.4 is 5.32 Å². The molecule has 0 radical (unpaired) electrons. The summed E-state index contributed by atoms with van der Waals surface area (Å²) in [5, 5.41) is 6.66. The Hall–Kier alpha value is 0.01000. The molecule has 1 N–H and O–H groups in total. The van der Waals surface area contributed by atoms with E-state index in [4.69, 9.17) is 0 Å². The first kappa shape index (κ1) is 12.5. The molecule has 0 unspecified atom stereocenters. The van der Waals surface area contributed by atoms with E-state index >= 15 is 0 Å². The predicted molar refractivity (Wildman–Crippen MR) is 75.6 cm³/mol. The van der Waals surface area contributed by atoms with Crippen molar-refractivity contribution in [1.29, 1.82) is 0 Å². The van der Waals surface area contributed by atoms with Gasteiger partial charge < -0.3 is 5.32 Å². The van der Waals surface area contributed by atoms with Crippen LogP contribution in [0.15, 0.2) is 17.5 Å². The van der Waals surface area contributed by atoms with Gasteiger partial charge in [0.05, 0.1) is 0 Å². The van der Waals surface area contributed by atoms with Crippen molar-refractivity contribution in [3.8, 4) is 0 Å². The van der Waals surface area contributed by atoms with E-state index in [1.54, 1.807) is 0 Å². The summed E-state index contributed by atoms with van der Waals surface area (Å²) in [6, 6.07) is 4.36. The molecule has 1 nitrogen and oxygen atoms in total. The van der Waals surface area contributed by atoms with E-state index in [0.29, 0.717) is 0 Å². The third-order valence-electron chi connectivity index (χ3n) is 3.06. The summed E-state index contributed by atoms with van der Waals surface area (Å²) in [5.41, 5.74) is 0. The highest BCUT2D eigenvalue weighted by Crippen LogP contribution is 2.28. The van der Waals surface area contributed by atoms with Crippen molar-refractivity contribution in [2.75, 3.05) is 18.8 Å². The Morgan fingerprint density at radius 3 is 2.94 bits per heavy atom. The molecule has 1 aromatic rings. The largest absolute Gasteiger partial charge is 0.316 e. The van der Waals surface area contributed by atoms with Crippen molar-refractivity contribution in [3.63, 3.8) is 0 Å². The second-order valence-electron chi connectivity index (χ2n) is 4.36. The van der Waals surface area contributed by atoms with E-state index in [-0.39, 0.29) is 0 Å². The van der Waals surface area contributed by atoms with Crippen molar-refractivity contribution in [2.24, 2.45) is 0 Å². The average molecular weight is 255 g/mol. The fourth-order valence-corrected chi connectivity index (χ4v) is 4.12. The summed E-state index contributed by atoms with van der Waals surface area (Å²) in [4.78, 5) is 1.50. The molecule has 16 heavy (non-hydrogen) atoms. The lowest BCUT2D eigenvalue weighted by atomic mass is 10.3. The van der Waals surface area contributed by atoms with Crippen molar-refractivity contribution >= 4 is 23.1 Å². The third-order valence-corrected chi connectivity index (χ3v) is 5.38. The molecule has 0 bridgehead atoms. The predicted octanol–water partition coefficient (Wildman–Crippen LogP) is 3.56. The summed E-state index contributed by atoms with van der Waals surface area (Å²) in [5.74, 6) is 1.29. The first-order chi connectivity index (χ1) is 7.95. The molecule has 0 atom stereocenters. The van der Waals surface area contributed by atoms with Crippen LogP contribution in [0.4, 0.5) is 0 Å². The molecular formula is C13H21NS2. The van der Waals surface area contributed by atoms with Crippen LogP contribution in [0.2, 0.25) is 0 Å². The van der Waals surface area contributed by atoms with Crippen molar-refractivity contribution in [3.05, 3.63) is 22.4 Å². The van der Waals surface area contributed by atoms with E-state index in [1.165, 1.54) is 49.3 Å². The Morgan fingerprint density at radius 1 is 1.31 bits per heavy atom. The summed E-state index contributed by atoms with van der Waals surface area (Å²) in [6.45, 7) is 2.30. The molecule has 90 valence electrons. The van der Waals surface area contributed by atoms with Crippen LogP contribution in [0.3, 0.4) is 0 Å².